The van der Waals surface area contributed by atoms with E-state index in [1.807, 2.05) is 20.2 Å². The molecule has 2 heterocycles. The van der Waals surface area contributed by atoms with E-state index in [0.29, 0.717) is 6.54 Å². The summed E-state index contributed by atoms with van der Waals surface area (Å²) in [5.41, 5.74) is 1.10. The Kier molecular flexibility index (Phi) is 3.73. The van der Waals surface area contributed by atoms with E-state index in [1.165, 1.54) is 14.1 Å². The van der Waals surface area contributed by atoms with E-state index in [0.717, 1.165) is 26.9 Å². The van der Waals surface area contributed by atoms with Crippen LogP contribution < -0.4 is 16.6 Å². The predicted octanol–water partition coefficient (Wildman–Crippen LogP) is -0.613. The normalized spacial score (nSPS) is 10.8. The van der Waals surface area contributed by atoms with Crippen LogP contribution >= 0.6 is 0 Å². The second kappa shape index (κ2) is 5.32. The Morgan fingerprint density at radius 3 is 2.55 bits per heavy atom. The minimum atomic E-state index is -0.448. The molecule has 8 heteroatoms. The summed E-state index contributed by atoms with van der Waals surface area (Å²) < 4.78 is 3.90. The van der Waals surface area contributed by atoms with Crippen LogP contribution in [0, 0.1) is 0 Å². The van der Waals surface area contributed by atoms with Gasteiger partial charge in [-0.2, -0.15) is 5.10 Å². The maximum atomic E-state index is 11.9. The number of anilines is 1. The highest BCUT2D eigenvalue weighted by Gasteiger charge is 2.10. The minimum Gasteiger partial charge on any atom is -0.360 e. The van der Waals surface area contributed by atoms with Crippen LogP contribution in [0.3, 0.4) is 0 Å². The second-order valence-electron chi connectivity index (χ2n) is 4.60. The van der Waals surface area contributed by atoms with Gasteiger partial charge in [0.1, 0.15) is 0 Å². The van der Waals surface area contributed by atoms with Crippen LogP contribution in [-0.4, -0.2) is 24.1 Å². The molecule has 0 bridgehead atoms. The lowest BCUT2D eigenvalue weighted by molar-refractivity contribution is 0.604. The molecule has 2 aromatic rings. The van der Waals surface area contributed by atoms with Gasteiger partial charge in [-0.1, -0.05) is 6.92 Å². The van der Waals surface area contributed by atoms with Crippen molar-refractivity contribution in [1.29, 1.82) is 0 Å². The maximum Gasteiger partial charge on any atom is 0.346 e. The summed E-state index contributed by atoms with van der Waals surface area (Å²) in [7, 11) is 4.79. The number of hydrogen-bond donors (Lipinski definition) is 1. The third-order valence-electron chi connectivity index (χ3n) is 3.09. The molecule has 2 rings (SSSR count). The van der Waals surface area contributed by atoms with Gasteiger partial charge in [0, 0.05) is 39.4 Å². The van der Waals surface area contributed by atoms with Gasteiger partial charge in [0.2, 0.25) is 5.82 Å². The van der Waals surface area contributed by atoms with Gasteiger partial charge < -0.3 is 5.32 Å². The van der Waals surface area contributed by atoms with Gasteiger partial charge in [0.05, 0.1) is 5.69 Å². The Hall–Kier alpha value is -2.38. The molecule has 0 aromatic carbocycles. The molecule has 0 spiro atoms. The fourth-order valence-electron chi connectivity index (χ4n) is 2.02. The Morgan fingerprint density at radius 2 is 1.90 bits per heavy atom. The Labute approximate surface area is 115 Å². The molecule has 0 atom stereocenters. The van der Waals surface area contributed by atoms with E-state index in [9.17, 15) is 9.59 Å². The van der Waals surface area contributed by atoms with Crippen molar-refractivity contribution in [2.75, 3.05) is 5.32 Å². The van der Waals surface area contributed by atoms with E-state index in [4.69, 9.17) is 0 Å². The minimum absolute atomic E-state index is 0.153. The molecule has 0 unspecified atom stereocenters. The Morgan fingerprint density at radius 1 is 1.20 bits per heavy atom. The van der Waals surface area contributed by atoms with Crippen molar-refractivity contribution in [1.82, 2.24) is 24.1 Å². The summed E-state index contributed by atoms with van der Waals surface area (Å²) >= 11 is 0. The molecule has 0 aliphatic carbocycles. The van der Waals surface area contributed by atoms with Crippen LogP contribution in [0.2, 0.25) is 0 Å². The van der Waals surface area contributed by atoms with Crippen molar-refractivity contribution in [2.45, 2.75) is 19.9 Å². The fourth-order valence-corrected chi connectivity index (χ4v) is 2.02. The zero-order chi connectivity index (χ0) is 14.9. The van der Waals surface area contributed by atoms with Crippen LogP contribution in [-0.2, 0) is 34.1 Å². The highest BCUT2D eigenvalue weighted by Crippen LogP contribution is 2.08. The molecule has 108 valence electrons. The summed E-state index contributed by atoms with van der Waals surface area (Å²) in [6.07, 6.45) is 2.72. The average molecular weight is 278 g/mol. The van der Waals surface area contributed by atoms with Crippen LogP contribution in [0.4, 0.5) is 5.82 Å². The van der Waals surface area contributed by atoms with E-state index in [2.05, 4.69) is 15.5 Å². The lowest BCUT2D eigenvalue weighted by atomic mass is 10.2. The highest BCUT2D eigenvalue weighted by atomic mass is 16.2. The molecule has 1 N–H and O–H groups in total. The number of nitrogens with zero attached hydrogens (tertiary/aromatic N) is 5. The first-order valence-corrected chi connectivity index (χ1v) is 6.33. The molecule has 0 aliphatic rings. The van der Waals surface area contributed by atoms with Crippen molar-refractivity contribution in [3.8, 4) is 0 Å². The summed E-state index contributed by atoms with van der Waals surface area (Å²) in [5, 5.41) is 11.2. The van der Waals surface area contributed by atoms with Gasteiger partial charge in [-0.05, 0) is 6.42 Å². The van der Waals surface area contributed by atoms with Crippen LogP contribution in [0.1, 0.15) is 18.2 Å². The second-order valence-corrected chi connectivity index (χ2v) is 4.60. The number of nitrogens with one attached hydrogen (secondary N) is 1. The quantitative estimate of drug-likeness (QED) is 0.806. The Balaban J connectivity index is 2.28. The van der Waals surface area contributed by atoms with Crippen molar-refractivity contribution >= 4 is 5.82 Å². The first-order chi connectivity index (χ1) is 9.43. The lowest BCUT2D eigenvalue weighted by Crippen LogP contribution is -2.39. The van der Waals surface area contributed by atoms with Crippen LogP contribution in [0.25, 0.3) is 0 Å². The highest BCUT2D eigenvalue weighted by molar-refractivity contribution is 5.32. The van der Waals surface area contributed by atoms with Gasteiger partial charge in [-0.3, -0.25) is 14.0 Å². The summed E-state index contributed by atoms with van der Waals surface area (Å²) in [4.78, 5) is 23.5. The fraction of sp³-hybridized carbons (Fsp3) is 0.500. The summed E-state index contributed by atoms with van der Waals surface area (Å²) in [6.45, 7) is 2.47. The van der Waals surface area contributed by atoms with E-state index in [-0.39, 0.29) is 5.82 Å². The molecule has 0 aliphatic heterocycles. The van der Waals surface area contributed by atoms with E-state index in [1.54, 1.807) is 4.68 Å². The monoisotopic (exact) mass is 278 g/mol. The van der Waals surface area contributed by atoms with Crippen molar-refractivity contribution < 1.29 is 0 Å². The molecule has 0 fully saturated rings. The number of rotatable bonds is 4. The van der Waals surface area contributed by atoms with Crippen molar-refractivity contribution in [3.05, 3.63) is 38.3 Å². The summed E-state index contributed by atoms with van der Waals surface area (Å²) in [5.74, 6) is 0.153. The average Bonchev–Trinajstić information content (AvgIpc) is 2.79. The molecular formula is C12H18N6O2. The Bertz CT molecular complexity index is 739. The standard InChI is InChI=1S/C12H18N6O2/c1-5-9-8(7-16(2)14-9)6-13-10-11(19)17(3)12(20)18(4)15-10/h7H,5-6H2,1-4H3,(H,13,15). The molecule has 0 radical (unpaired) electrons. The molecule has 0 saturated carbocycles. The van der Waals surface area contributed by atoms with Gasteiger partial charge >= 0.3 is 5.69 Å². The SMILES string of the molecule is CCc1nn(C)cc1CNc1nn(C)c(=O)n(C)c1=O. The van der Waals surface area contributed by atoms with Crippen LogP contribution in [0.5, 0.6) is 0 Å². The zero-order valence-corrected chi connectivity index (χ0v) is 12.0. The van der Waals surface area contributed by atoms with Gasteiger partial charge in [-0.15, -0.1) is 5.10 Å². The smallest absolute Gasteiger partial charge is 0.346 e. The maximum absolute atomic E-state index is 11.9. The molecule has 8 nitrogen and oxygen atoms in total. The lowest BCUT2D eigenvalue weighted by Gasteiger charge is -2.07. The van der Waals surface area contributed by atoms with Crippen molar-refractivity contribution in [2.24, 2.45) is 21.1 Å². The van der Waals surface area contributed by atoms with E-state index < -0.39 is 11.2 Å². The first-order valence-electron chi connectivity index (χ1n) is 6.33. The third kappa shape index (κ3) is 2.49. The molecule has 2 aromatic heterocycles. The van der Waals surface area contributed by atoms with Crippen molar-refractivity contribution in [3.63, 3.8) is 0 Å². The summed E-state index contributed by atoms with van der Waals surface area (Å²) in [6, 6.07) is 0. The van der Waals surface area contributed by atoms with Gasteiger partial charge in [-0.25, -0.2) is 9.48 Å². The van der Waals surface area contributed by atoms with Crippen LogP contribution in [0.15, 0.2) is 15.8 Å². The molecule has 0 saturated heterocycles. The zero-order valence-electron chi connectivity index (χ0n) is 12.0. The van der Waals surface area contributed by atoms with E-state index >= 15 is 0 Å². The molecular weight excluding hydrogens is 260 g/mol. The number of aryl methyl sites for hydroxylation is 3. The van der Waals surface area contributed by atoms with Gasteiger partial charge in [0.25, 0.3) is 5.56 Å². The largest absolute Gasteiger partial charge is 0.360 e. The first kappa shape index (κ1) is 14.0. The predicted molar refractivity (Wildman–Crippen MR) is 74.6 cm³/mol. The van der Waals surface area contributed by atoms with Gasteiger partial charge in [0.15, 0.2) is 0 Å². The molecule has 0 amide bonds. The topological polar surface area (TPSA) is 86.7 Å². The number of aromatic nitrogens is 5. The number of hydrogen-bond acceptors (Lipinski definition) is 5. The molecule has 20 heavy (non-hydrogen) atoms. The third-order valence-corrected chi connectivity index (χ3v) is 3.09.